The van der Waals surface area contributed by atoms with Gasteiger partial charge in [0.2, 0.25) is 0 Å². The van der Waals surface area contributed by atoms with Crippen molar-refractivity contribution in [3.05, 3.63) is 35.9 Å². The van der Waals surface area contributed by atoms with Crippen LogP contribution in [-0.4, -0.2) is 42.3 Å². The Balaban J connectivity index is 1.70. The molecule has 1 fully saturated rings. The molecule has 1 heterocycles. The maximum Gasteiger partial charge on any atom is 0.0431 e. The predicted molar refractivity (Wildman–Crippen MR) is 88.2 cm³/mol. The van der Waals surface area contributed by atoms with Gasteiger partial charge in [-0.1, -0.05) is 44.2 Å². The molecule has 0 radical (unpaired) electrons. The summed E-state index contributed by atoms with van der Waals surface area (Å²) in [4.78, 5) is 2.54. The Hall–Kier alpha value is -0.900. The minimum atomic E-state index is 0.273. The lowest BCUT2D eigenvalue weighted by atomic mass is 9.87. The molecule has 0 bridgehead atoms. The molecule has 118 valence electrons. The van der Waals surface area contributed by atoms with E-state index in [9.17, 15) is 0 Å². The fourth-order valence-electron chi connectivity index (χ4n) is 3.05. The maximum absolute atomic E-state index is 8.96. The summed E-state index contributed by atoms with van der Waals surface area (Å²) in [6, 6.07) is 11.3. The van der Waals surface area contributed by atoms with E-state index in [0.717, 1.165) is 32.5 Å². The standard InChI is InChI=1S/C18H30N2O/c1-18(2,10-6-12-21)15-19-17-9-11-20(14-17)13-16-7-4-3-5-8-16/h3-5,7-8,17,19,21H,6,9-15H2,1-2H3. The van der Waals surface area contributed by atoms with E-state index in [1.807, 2.05) is 0 Å². The second kappa shape index (κ2) is 7.92. The van der Waals surface area contributed by atoms with Crippen LogP contribution in [0.3, 0.4) is 0 Å². The van der Waals surface area contributed by atoms with Crippen LogP contribution in [0, 0.1) is 5.41 Å². The number of benzene rings is 1. The Morgan fingerprint density at radius 2 is 2.05 bits per heavy atom. The van der Waals surface area contributed by atoms with Crippen LogP contribution < -0.4 is 5.32 Å². The van der Waals surface area contributed by atoms with E-state index in [-0.39, 0.29) is 5.41 Å². The molecule has 0 amide bonds. The molecule has 0 aliphatic carbocycles. The zero-order chi connectivity index (χ0) is 15.1. The highest BCUT2D eigenvalue weighted by Gasteiger charge is 2.24. The lowest BCUT2D eigenvalue weighted by Crippen LogP contribution is -2.38. The van der Waals surface area contributed by atoms with E-state index in [4.69, 9.17) is 5.11 Å². The summed E-state index contributed by atoms with van der Waals surface area (Å²) in [6.07, 6.45) is 3.22. The second-order valence-corrected chi connectivity index (χ2v) is 7.08. The SMILES string of the molecule is CC(C)(CCCO)CNC1CCN(Cc2ccccc2)C1. The third kappa shape index (κ3) is 5.77. The van der Waals surface area contributed by atoms with Gasteiger partial charge in [0.15, 0.2) is 0 Å². The number of hydrogen-bond acceptors (Lipinski definition) is 3. The van der Waals surface area contributed by atoms with Gasteiger partial charge in [-0.3, -0.25) is 4.90 Å². The minimum absolute atomic E-state index is 0.273. The highest BCUT2D eigenvalue weighted by molar-refractivity contribution is 5.14. The average Bonchev–Trinajstić information content (AvgIpc) is 2.92. The summed E-state index contributed by atoms with van der Waals surface area (Å²) in [7, 11) is 0. The summed E-state index contributed by atoms with van der Waals surface area (Å²) < 4.78 is 0. The molecular weight excluding hydrogens is 260 g/mol. The van der Waals surface area contributed by atoms with Gasteiger partial charge in [-0.25, -0.2) is 0 Å². The largest absolute Gasteiger partial charge is 0.396 e. The molecule has 3 nitrogen and oxygen atoms in total. The summed E-state index contributed by atoms with van der Waals surface area (Å²) in [5, 5.41) is 12.7. The van der Waals surface area contributed by atoms with Crippen molar-refractivity contribution in [2.75, 3.05) is 26.2 Å². The lowest BCUT2D eigenvalue weighted by molar-refractivity contribution is 0.230. The van der Waals surface area contributed by atoms with Gasteiger partial charge in [0.05, 0.1) is 0 Å². The van der Waals surface area contributed by atoms with Crippen LogP contribution in [0.2, 0.25) is 0 Å². The molecular formula is C18H30N2O. The van der Waals surface area contributed by atoms with Crippen molar-refractivity contribution in [2.45, 2.75) is 45.7 Å². The van der Waals surface area contributed by atoms with E-state index in [0.29, 0.717) is 12.6 Å². The van der Waals surface area contributed by atoms with Gasteiger partial charge in [-0.05, 0) is 30.2 Å². The average molecular weight is 290 g/mol. The molecule has 1 aliphatic rings. The quantitative estimate of drug-likeness (QED) is 0.772. The highest BCUT2D eigenvalue weighted by atomic mass is 16.2. The molecule has 1 aliphatic heterocycles. The van der Waals surface area contributed by atoms with Crippen molar-refractivity contribution >= 4 is 0 Å². The summed E-state index contributed by atoms with van der Waals surface area (Å²) in [6.45, 7) is 9.30. The molecule has 1 saturated heterocycles. The first-order valence-electron chi connectivity index (χ1n) is 8.19. The molecule has 2 N–H and O–H groups in total. The Labute approximate surface area is 129 Å². The lowest BCUT2D eigenvalue weighted by Gasteiger charge is -2.27. The van der Waals surface area contributed by atoms with Crippen LogP contribution in [0.4, 0.5) is 0 Å². The molecule has 21 heavy (non-hydrogen) atoms. The Kier molecular flexibility index (Phi) is 6.22. The zero-order valence-corrected chi connectivity index (χ0v) is 13.5. The van der Waals surface area contributed by atoms with Crippen LogP contribution >= 0.6 is 0 Å². The van der Waals surface area contributed by atoms with Gasteiger partial charge in [-0.15, -0.1) is 0 Å². The molecule has 1 aromatic rings. The normalized spacial score (nSPS) is 20.0. The van der Waals surface area contributed by atoms with Gasteiger partial charge in [0.25, 0.3) is 0 Å². The van der Waals surface area contributed by atoms with E-state index < -0.39 is 0 Å². The fraction of sp³-hybridized carbons (Fsp3) is 0.667. The summed E-state index contributed by atoms with van der Waals surface area (Å²) in [5.74, 6) is 0. The first kappa shape index (κ1) is 16.5. The van der Waals surface area contributed by atoms with Gasteiger partial charge < -0.3 is 10.4 Å². The van der Waals surface area contributed by atoms with Gasteiger partial charge in [-0.2, -0.15) is 0 Å². The summed E-state index contributed by atoms with van der Waals surface area (Å²) >= 11 is 0. The van der Waals surface area contributed by atoms with Crippen molar-refractivity contribution in [2.24, 2.45) is 5.41 Å². The molecule has 1 aromatic carbocycles. The zero-order valence-electron chi connectivity index (χ0n) is 13.5. The maximum atomic E-state index is 8.96. The monoisotopic (exact) mass is 290 g/mol. The van der Waals surface area contributed by atoms with Gasteiger partial charge >= 0.3 is 0 Å². The molecule has 0 aromatic heterocycles. The third-order valence-electron chi connectivity index (χ3n) is 4.40. The van der Waals surface area contributed by atoms with Crippen molar-refractivity contribution in [3.63, 3.8) is 0 Å². The van der Waals surface area contributed by atoms with E-state index in [2.05, 4.69) is 54.4 Å². The number of aliphatic hydroxyl groups excluding tert-OH is 1. The number of nitrogens with one attached hydrogen (secondary N) is 1. The van der Waals surface area contributed by atoms with Crippen LogP contribution in [-0.2, 0) is 6.54 Å². The Bertz CT molecular complexity index is 405. The Morgan fingerprint density at radius 3 is 2.76 bits per heavy atom. The first-order valence-corrected chi connectivity index (χ1v) is 8.19. The molecule has 0 spiro atoms. The number of likely N-dealkylation sites (tertiary alicyclic amines) is 1. The van der Waals surface area contributed by atoms with Crippen molar-refractivity contribution in [1.82, 2.24) is 10.2 Å². The molecule has 1 atom stereocenters. The smallest absolute Gasteiger partial charge is 0.0431 e. The van der Waals surface area contributed by atoms with Crippen molar-refractivity contribution in [1.29, 1.82) is 0 Å². The van der Waals surface area contributed by atoms with Crippen molar-refractivity contribution in [3.8, 4) is 0 Å². The van der Waals surface area contributed by atoms with E-state index in [1.165, 1.54) is 18.5 Å². The van der Waals surface area contributed by atoms with Crippen LogP contribution in [0.15, 0.2) is 30.3 Å². The van der Waals surface area contributed by atoms with Crippen LogP contribution in [0.25, 0.3) is 0 Å². The third-order valence-corrected chi connectivity index (χ3v) is 4.40. The number of rotatable bonds is 8. The molecule has 0 saturated carbocycles. The highest BCUT2D eigenvalue weighted by Crippen LogP contribution is 2.22. The molecule has 3 heteroatoms. The molecule has 1 unspecified atom stereocenters. The number of hydrogen-bond donors (Lipinski definition) is 2. The van der Waals surface area contributed by atoms with Crippen LogP contribution in [0.1, 0.15) is 38.7 Å². The topological polar surface area (TPSA) is 35.5 Å². The summed E-state index contributed by atoms with van der Waals surface area (Å²) in [5.41, 5.74) is 1.68. The minimum Gasteiger partial charge on any atom is -0.396 e. The van der Waals surface area contributed by atoms with E-state index in [1.54, 1.807) is 0 Å². The number of aliphatic hydroxyl groups is 1. The van der Waals surface area contributed by atoms with Gasteiger partial charge in [0.1, 0.15) is 0 Å². The number of nitrogens with zero attached hydrogens (tertiary/aromatic N) is 1. The van der Waals surface area contributed by atoms with E-state index >= 15 is 0 Å². The van der Waals surface area contributed by atoms with Gasteiger partial charge in [0, 0.05) is 38.8 Å². The van der Waals surface area contributed by atoms with Crippen LogP contribution in [0.5, 0.6) is 0 Å². The Morgan fingerprint density at radius 1 is 1.29 bits per heavy atom. The fourth-order valence-corrected chi connectivity index (χ4v) is 3.05. The second-order valence-electron chi connectivity index (χ2n) is 7.08. The predicted octanol–water partition coefficient (Wildman–Crippen LogP) is 2.65. The molecule has 2 rings (SSSR count). The van der Waals surface area contributed by atoms with Crippen molar-refractivity contribution < 1.29 is 5.11 Å². The first-order chi connectivity index (χ1) is 10.1.